The lowest BCUT2D eigenvalue weighted by molar-refractivity contribution is -0.385. The van der Waals surface area contributed by atoms with Crippen LogP contribution in [0.2, 0.25) is 0 Å². The van der Waals surface area contributed by atoms with Gasteiger partial charge in [0, 0.05) is 37.5 Å². The second kappa shape index (κ2) is 8.48. The number of fused-ring (bicyclic) bond motifs is 1. The SMILES string of the molecule is COc1ccc(-c2nc3c(Br)cccn3c2CN2CCCNCC2)cc1[N+](=O)[O-]. The Kier molecular flexibility index (Phi) is 5.79. The summed E-state index contributed by atoms with van der Waals surface area (Å²) in [6.07, 6.45) is 3.07. The number of hydrogen-bond donors (Lipinski definition) is 1. The van der Waals surface area contributed by atoms with Crippen molar-refractivity contribution >= 4 is 27.3 Å². The highest BCUT2D eigenvalue weighted by Gasteiger charge is 2.22. The summed E-state index contributed by atoms with van der Waals surface area (Å²) < 4.78 is 8.10. The Hall–Kier alpha value is -2.49. The van der Waals surface area contributed by atoms with Crippen molar-refractivity contribution in [3.63, 3.8) is 0 Å². The Labute approximate surface area is 176 Å². The monoisotopic (exact) mass is 459 g/mol. The minimum atomic E-state index is -0.422. The third-order valence-electron chi connectivity index (χ3n) is 5.16. The first-order valence-electron chi connectivity index (χ1n) is 9.50. The molecule has 1 aliphatic rings. The number of halogens is 1. The van der Waals surface area contributed by atoms with E-state index in [-0.39, 0.29) is 11.4 Å². The average Bonchev–Trinajstić information content (AvgIpc) is 2.90. The maximum atomic E-state index is 11.5. The van der Waals surface area contributed by atoms with Gasteiger partial charge < -0.3 is 14.5 Å². The van der Waals surface area contributed by atoms with Crippen LogP contribution >= 0.6 is 15.9 Å². The van der Waals surface area contributed by atoms with Gasteiger partial charge in [-0.3, -0.25) is 15.0 Å². The van der Waals surface area contributed by atoms with Crippen molar-refractivity contribution < 1.29 is 9.66 Å². The third-order valence-corrected chi connectivity index (χ3v) is 5.78. The van der Waals surface area contributed by atoms with Gasteiger partial charge in [-0.2, -0.15) is 0 Å². The summed E-state index contributed by atoms with van der Waals surface area (Å²) in [5.41, 5.74) is 3.20. The summed E-state index contributed by atoms with van der Waals surface area (Å²) in [6, 6.07) is 8.91. The molecule has 1 fully saturated rings. The van der Waals surface area contributed by atoms with E-state index in [1.165, 1.54) is 7.11 Å². The van der Waals surface area contributed by atoms with Crippen molar-refractivity contribution in [3.8, 4) is 17.0 Å². The Morgan fingerprint density at radius 2 is 2.17 bits per heavy atom. The van der Waals surface area contributed by atoms with Gasteiger partial charge >= 0.3 is 5.69 Å². The van der Waals surface area contributed by atoms with Gasteiger partial charge in [-0.1, -0.05) is 0 Å². The molecule has 8 nitrogen and oxygen atoms in total. The molecular formula is C20H22BrN5O3. The van der Waals surface area contributed by atoms with E-state index < -0.39 is 4.92 Å². The smallest absolute Gasteiger partial charge is 0.311 e. The largest absolute Gasteiger partial charge is 0.490 e. The molecule has 1 aliphatic heterocycles. The predicted molar refractivity (Wildman–Crippen MR) is 114 cm³/mol. The van der Waals surface area contributed by atoms with Crippen LogP contribution in [0.3, 0.4) is 0 Å². The molecule has 0 amide bonds. The molecule has 0 spiro atoms. The predicted octanol–water partition coefficient (Wildman–Crippen LogP) is 3.48. The molecular weight excluding hydrogens is 438 g/mol. The summed E-state index contributed by atoms with van der Waals surface area (Å²) in [5, 5.41) is 14.9. The van der Waals surface area contributed by atoms with E-state index in [9.17, 15) is 10.1 Å². The molecule has 3 heterocycles. The number of pyridine rings is 1. The molecule has 0 bridgehead atoms. The molecule has 1 saturated heterocycles. The summed E-state index contributed by atoms with van der Waals surface area (Å²) in [7, 11) is 1.43. The number of ether oxygens (including phenoxy) is 1. The summed E-state index contributed by atoms with van der Waals surface area (Å²) >= 11 is 3.58. The second-order valence-corrected chi connectivity index (χ2v) is 7.83. The zero-order valence-electron chi connectivity index (χ0n) is 16.1. The van der Waals surface area contributed by atoms with Crippen LogP contribution in [-0.2, 0) is 6.54 Å². The molecule has 0 saturated carbocycles. The van der Waals surface area contributed by atoms with E-state index in [0.717, 1.165) is 54.1 Å². The van der Waals surface area contributed by atoms with Crippen LogP contribution in [0.1, 0.15) is 12.1 Å². The molecule has 1 aromatic carbocycles. The molecule has 0 unspecified atom stereocenters. The fraction of sp³-hybridized carbons (Fsp3) is 0.350. The topological polar surface area (TPSA) is 84.9 Å². The van der Waals surface area contributed by atoms with Crippen molar-refractivity contribution in [1.29, 1.82) is 0 Å². The number of methoxy groups -OCH3 is 1. The number of nitrogens with one attached hydrogen (secondary N) is 1. The van der Waals surface area contributed by atoms with Gasteiger partial charge in [-0.25, -0.2) is 4.98 Å². The van der Waals surface area contributed by atoms with Crippen LogP contribution < -0.4 is 10.1 Å². The number of hydrogen-bond acceptors (Lipinski definition) is 6. The van der Waals surface area contributed by atoms with E-state index in [1.54, 1.807) is 12.1 Å². The van der Waals surface area contributed by atoms with Crippen LogP contribution in [0.5, 0.6) is 5.75 Å². The number of imidazole rings is 1. The van der Waals surface area contributed by atoms with Crippen molar-refractivity contribution in [2.24, 2.45) is 0 Å². The molecule has 152 valence electrons. The lowest BCUT2D eigenvalue weighted by atomic mass is 10.1. The van der Waals surface area contributed by atoms with E-state index in [4.69, 9.17) is 9.72 Å². The number of benzene rings is 1. The van der Waals surface area contributed by atoms with Crippen LogP contribution in [0.4, 0.5) is 5.69 Å². The summed E-state index contributed by atoms with van der Waals surface area (Å²) in [6.45, 7) is 4.63. The number of rotatable bonds is 5. The van der Waals surface area contributed by atoms with Gasteiger partial charge in [0.05, 0.1) is 27.9 Å². The number of nitro benzene ring substituents is 1. The van der Waals surface area contributed by atoms with E-state index in [0.29, 0.717) is 12.1 Å². The first kappa shape index (κ1) is 19.8. The molecule has 4 rings (SSSR count). The van der Waals surface area contributed by atoms with Crippen molar-refractivity contribution in [2.75, 3.05) is 33.3 Å². The van der Waals surface area contributed by atoms with Gasteiger partial charge in [0.1, 0.15) is 0 Å². The minimum absolute atomic E-state index is 0.0638. The fourth-order valence-corrected chi connectivity index (χ4v) is 4.15. The molecule has 2 aromatic heterocycles. The van der Waals surface area contributed by atoms with Gasteiger partial charge in [-0.15, -0.1) is 0 Å². The van der Waals surface area contributed by atoms with Crippen LogP contribution in [0.25, 0.3) is 16.9 Å². The Morgan fingerprint density at radius 1 is 1.31 bits per heavy atom. The zero-order chi connectivity index (χ0) is 20.4. The lowest BCUT2D eigenvalue weighted by Gasteiger charge is -2.20. The highest BCUT2D eigenvalue weighted by atomic mass is 79.9. The molecule has 1 N–H and O–H groups in total. The average molecular weight is 460 g/mol. The summed E-state index contributed by atoms with van der Waals surface area (Å²) in [4.78, 5) is 18.3. The number of nitrogens with zero attached hydrogens (tertiary/aromatic N) is 4. The Bertz CT molecular complexity index is 1040. The molecule has 9 heteroatoms. The maximum absolute atomic E-state index is 11.5. The van der Waals surface area contributed by atoms with E-state index >= 15 is 0 Å². The number of aromatic nitrogens is 2. The first-order chi connectivity index (χ1) is 14.1. The Morgan fingerprint density at radius 3 is 2.97 bits per heavy atom. The lowest BCUT2D eigenvalue weighted by Crippen LogP contribution is -2.28. The van der Waals surface area contributed by atoms with E-state index in [1.807, 2.05) is 24.4 Å². The van der Waals surface area contributed by atoms with Gasteiger partial charge in [0.25, 0.3) is 0 Å². The van der Waals surface area contributed by atoms with E-state index in [2.05, 4.69) is 30.5 Å². The first-order valence-corrected chi connectivity index (χ1v) is 10.3. The molecule has 0 radical (unpaired) electrons. The maximum Gasteiger partial charge on any atom is 0.311 e. The van der Waals surface area contributed by atoms with Crippen molar-refractivity contribution in [1.82, 2.24) is 19.6 Å². The molecule has 0 aliphatic carbocycles. The zero-order valence-corrected chi connectivity index (χ0v) is 17.7. The molecule has 0 atom stereocenters. The summed E-state index contributed by atoms with van der Waals surface area (Å²) in [5.74, 6) is 0.240. The van der Waals surface area contributed by atoms with Gasteiger partial charge in [0.15, 0.2) is 11.4 Å². The quantitative estimate of drug-likeness (QED) is 0.464. The van der Waals surface area contributed by atoms with Gasteiger partial charge in [-0.05, 0) is 59.7 Å². The second-order valence-electron chi connectivity index (χ2n) is 6.98. The highest BCUT2D eigenvalue weighted by Crippen LogP contribution is 2.35. The Balaban J connectivity index is 1.84. The van der Waals surface area contributed by atoms with Crippen molar-refractivity contribution in [3.05, 3.63) is 56.8 Å². The van der Waals surface area contributed by atoms with Gasteiger partial charge in [0.2, 0.25) is 0 Å². The minimum Gasteiger partial charge on any atom is -0.490 e. The highest BCUT2D eigenvalue weighted by molar-refractivity contribution is 9.10. The van der Waals surface area contributed by atoms with Crippen molar-refractivity contribution in [2.45, 2.75) is 13.0 Å². The van der Waals surface area contributed by atoms with Crippen LogP contribution in [-0.4, -0.2) is 52.5 Å². The standard InChI is InChI=1S/C20H22BrN5O3/c1-29-18-6-5-14(12-16(18)26(27)28)19-17(13-24-9-3-7-22-8-11-24)25-10-2-4-15(21)20(25)23-19/h2,4-6,10,12,22H,3,7-9,11,13H2,1H3. The molecule has 29 heavy (non-hydrogen) atoms. The van der Waals surface area contributed by atoms with Crippen LogP contribution in [0, 0.1) is 10.1 Å². The van der Waals surface area contributed by atoms with Crippen LogP contribution in [0.15, 0.2) is 41.0 Å². The molecule has 3 aromatic rings. The normalized spacial score (nSPS) is 15.4. The fourth-order valence-electron chi connectivity index (χ4n) is 3.72. The third kappa shape index (κ3) is 3.98. The number of nitro groups is 1.